The second-order valence-corrected chi connectivity index (χ2v) is 5.65. The second-order valence-electron chi connectivity index (χ2n) is 5.65. The highest BCUT2D eigenvalue weighted by Gasteiger charge is 2.19. The first kappa shape index (κ1) is 14.0. The second kappa shape index (κ2) is 6.19. The summed E-state index contributed by atoms with van der Waals surface area (Å²) < 4.78 is 0. The molecular formula is C18H23N3. The molecule has 0 unspecified atom stereocenters. The summed E-state index contributed by atoms with van der Waals surface area (Å²) in [6, 6.07) is 17.2. The van der Waals surface area contributed by atoms with Gasteiger partial charge >= 0.3 is 0 Å². The lowest BCUT2D eigenvalue weighted by atomic mass is 10.1. The van der Waals surface area contributed by atoms with Gasteiger partial charge < -0.3 is 15.5 Å². The van der Waals surface area contributed by atoms with Crippen molar-refractivity contribution in [1.82, 2.24) is 0 Å². The maximum Gasteiger partial charge on any atom is 0.0415 e. The van der Waals surface area contributed by atoms with Crippen LogP contribution in [0.15, 0.2) is 48.5 Å². The summed E-state index contributed by atoms with van der Waals surface area (Å²) in [6.45, 7) is 6.96. The van der Waals surface area contributed by atoms with Crippen LogP contribution in [-0.2, 0) is 6.54 Å². The Kier molecular flexibility index (Phi) is 4.11. The van der Waals surface area contributed by atoms with Gasteiger partial charge in [0, 0.05) is 44.1 Å². The summed E-state index contributed by atoms with van der Waals surface area (Å²) in [4.78, 5) is 4.92. The van der Waals surface area contributed by atoms with Gasteiger partial charge in [-0.25, -0.2) is 0 Å². The summed E-state index contributed by atoms with van der Waals surface area (Å²) in [6.07, 6.45) is 0. The molecule has 2 aromatic rings. The quantitative estimate of drug-likeness (QED) is 0.939. The van der Waals surface area contributed by atoms with E-state index in [1.807, 2.05) is 0 Å². The van der Waals surface area contributed by atoms with Crippen LogP contribution in [0.5, 0.6) is 0 Å². The van der Waals surface area contributed by atoms with Gasteiger partial charge in [0.05, 0.1) is 0 Å². The number of nitrogens with zero attached hydrogens (tertiary/aromatic N) is 2. The van der Waals surface area contributed by atoms with Gasteiger partial charge in [-0.05, 0) is 36.2 Å². The molecule has 0 spiro atoms. The highest BCUT2D eigenvalue weighted by atomic mass is 15.3. The predicted octanol–water partition coefficient (Wildman–Crippen LogP) is 2.78. The lowest BCUT2D eigenvalue weighted by Crippen LogP contribution is -2.46. The van der Waals surface area contributed by atoms with Crippen LogP contribution in [0.3, 0.4) is 0 Å². The lowest BCUT2D eigenvalue weighted by Gasteiger charge is -2.38. The van der Waals surface area contributed by atoms with Gasteiger partial charge in [0.25, 0.3) is 0 Å². The van der Waals surface area contributed by atoms with Crippen LogP contribution in [0, 0.1) is 6.92 Å². The fourth-order valence-corrected chi connectivity index (χ4v) is 2.99. The topological polar surface area (TPSA) is 32.5 Å². The van der Waals surface area contributed by atoms with Gasteiger partial charge in [0.15, 0.2) is 0 Å². The predicted molar refractivity (Wildman–Crippen MR) is 89.9 cm³/mol. The molecule has 0 aliphatic carbocycles. The first-order valence-corrected chi connectivity index (χ1v) is 7.62. The molecule has 110 valence electrons. The number of rotatable bonds is 3. The molecule has 3 nitrogen and oxygen atoms in total. The van der Waals surface area contributed by atoms with Crippen LogP contribution >= 0.6 is 0 Å². The average molecular weight is 281 g/mol. The van der Waals surface area contributed by atoms with Gasteiger partial charge in [-0.3, -0.25) is 0 Å². The Hall–Kier alpha value is -2.00. The van der Waals surface area contributed by atoms with Crippen molar-refractivity contribution in [3.05, 3.63) is 59.7 Å². The summed E-state index contributed by atoms with van der Waals surface area (Å²) in [5, 5.41) is 0. The summed E-state index contributed by atoms with van der Waals surface area (Å²) in [7, 11) is 0. The first-order valence-electron chi connectivity index (χ1n) is 7.62. The molecule has 3 heteroatoms. The number of hydrogen-bond donors (Lipinski definition) is 1. The molecule has 0 saturated carbocycles. The van der Waals surface area contributed by atoms with Crippen LogP contribution < -0.4 is 15.5 Å². The van der Waals surface area contributed by atoms with E-state index in [1.54, 1.807) is 0 Å². The SMILES string of the molecule is Cc1ccc(CN)c(N2CCN(c3ccccc3)CC2)c1. The molecule has 0 amide bonds. The van der Waals surface area contributed by atoms with E-state index >= 15 is 0 Å². The molecule has 0 bridgehead atoms. The summed E-state index contributed by atoms with van der Waals surface area (Å²) in [5.74, 6) is 0. The molecule has 2 N–H and O–H groups in total. The zero-order valence-corrected chi connectivity index (χ0v) is 12.6. The Balaban J connectivity index is 1.73. The molecule has 0 radical (unpaired) electrons. The molecule has 3 rings (SSSR count). The minimum absolute atomic E-state index is 0.606. The number of aryl methyl sites for hydroxylation is 1. The molecule has 1 aliphatic rings. The molecule has 1 heterocycles. The van der Waals surface area contributed by atoms with E-state index in [0.717, 1.165) is 26.2 Å². The maximum atomic E-state index is 5.89. The molecule has 1 saturated heterocycles. The zero-order chi connectivity index (χ0) is 14.7. The fraction of sp³-hybridized carbons (Fsp3) is 0.333. The van der Waals surface area contributed by atoms with Crippen molar-refractivity contribution in [3.63, 3.8) is 0 Å². The zero-order valence-electron chi connectivity index (χ0n) is 12.6. The lowest BCUT2D eigenvalue weighted by molar-refractivity contribution is 0.651. The molecule has 21 heavy (non-hydrogen) atoms. The summed E-state index contributed by atoms with van der Waals surface area (Å²) >= 11 is 0. The minimum atomic E-state index is 0.606. The van der Waals surface area contributed by atoms with Gasteiger partial charge in [0.1, 0.15) is 0 Å². The Bertz CT molecular complexity index is 587. The Labute approximate surface area is 127 Å². The highest BCUT2D eigenvalue weighted by molar-refractivity contribution is 5.57. The van der Waals surface area contributed by atoms with Gasteiger partial charge in [0.2, 0.25) is 0 Å². The third-order valence-electron chi connectivity index (χ3n) is 4.20. The molecule has 0 aromatic heterocycles. The van der Waals surface area contributed by atoms with E-state index < -0.39 is 0 Å². The van der Waals surface area contributed by atoms with E-state index in [4.69, 9.17) is 5.73 Å². The van der Waals surface area contributed by atoms with Crippen molar-refractivity contribution < 1.29 is 0 Å². The third kappa shape index (κ3) is 3.03. The van der Waals surface area contributed by atoms with Crippen LogP contribution in [-0.4, -0.2) is 26.2 Å². The molecule has 1 fully saturated rings. The number of benzene rings is 2. The monoisotopic (exact) mass is 281 g/mol. The standard InChI is InChI=1S/C18H23N3/c1-15-7-8-16(14-19)18(13-15)21-11-9-20(10-12-21)17-5-3-2-4-6-17/h2-8,13H,9-12,14,19H2,1H3. The number of anilines is 2. The van der Waals surface area contributed by atoms with Crippen LogP contribution in [0.2, 0.25) is 0 Å². The van der Waals surface area contributed by atoms with Gasteiger partial charge in [-0.1, -0.05) is 30.3 Å². The largest absolute Gasteiger partial charge is 0.368 e. The molecule has 2 aromatic carbocycles. The number of hydrogen-bond acceptors (Lipinski definition) is 3. The summed E-state index contributed by atoms with van der Waals surface area (Å²) in [5.41, 5.74) is 11.1. The highest BCUT2D eigenvalue weighted by Crippen LogP contribution is 2.24. The van der Waals surface area contributed by atoms with Crippen LogP contribution in [0.1, 0.15) is 11.1 Å². The number of para-hydroxylation sites is 1. The van der Waals surface area contributed by atoms with E-state index in [2.05, 4.69) is 65.3 Å². The van der Waals surface area contributed by atoms with E-state index in [-0.39, 0.29) is 0 Å². The molecular weight excluding hydrogens is 258 g/mol. The third-order valence-corrected chi connectivity index (χ3v) is 4.20. The van der Waals surface area contributed by atoms with Crippen LogP contribution in [0.25, 0.3) is 0 Å². The first-order chi connectivity index (χ1) is 10.3. The number of piperazine rings is 1. The maximum absolute atomic E-state index is 5.89. The Morgan fingerprint density at radius 1 is 0.905 bits per heavy atom. The van der Waals surface area contributed by atoms with Crippen LogP contribution in [0.4, 0.5) is 11.4 Å². The fourth-order valence-electron chi connectivity index (χ4n) is 2.99. The van der Waals surface area contributed by atoms with Gasteiger partial charge in [-0.15, -0.1) is 0 Å². The van der Waals surface area contributed by atoms with Crippen molar-refractivity contribution in [3.8, 4) is 0 Å². The van der Waals surface area contributed by atoms with E-state index in [1.165, 1.54) is 22.5 Å². The Morgan fingerprint density at radius 3 is 2.24 bits per heavy atom. The average Bonchev–Trinajstić information content (AvgIpc) is 2.56. The van der Waals surface area contributed by atoms with Crippen molar-refractivity contribution in [2.24, 2.45) is 5.73 Å². The van der Waals surface area contributed by atoms with Crippen molar-refractivity contribution in [1.29, 1.82) is 0 Å². The minimum Gasteiger partial charge on any atom is -0.368 e. The van der Waals surface area contributed by atoms with E-state index in [0.29, 0.717) is 6.54 Å². The smallest absolute Gasteiger partial charge is 0.0415 e. The Morgan fingerprint density at radius 2 is 1.57 bits per heavy atom. The number of nitrogens with two attached hydrogens (primary N) is 1. The van der Waals surface area contributed by atoms with Gasteiger partial charge in [-0.2, -0.15) is 0 Å². The van der Waals surface area contributed by atoms with Crippen molar-refractivity contribution in [2.45, 2.75) is 13.5 Å². The van der Waals surface area contributed by atoms with E-state index in [9.17, 15) is 0 Å². The van der Waals surface area contributed by atoms with Crippen molar-refractivity contribution >= 4 is 11.4 Å². The van der Waals surface area contributed by atoms with Crippen molar-refractivity contribution in [2.75, 3.05) is 36.0 Å². The molecule has 1 aliphatic heterocycles. The molecule has 0 atom stereocenters. The normalized spacial score (nSPS) is 15.3.